The van der Waals surface area contributed by atoms with Crippen molar-refractivity contribution < 1.29 is 46.1 Å². The molecule has 0 saturated carbocycles. The van der Waals surface area contributed by atoms with E-state index in [4.69, 9.17) is 0 Å². The van der Waals surface area contributed by atoms with Gasteiger partial charge in [-0.2, -0.15) is 0 Å². The highest BCUT2D eigenvalue weighted by Crippen LogP contribution is 2.19. The molecular weight excluding hydrogens is 312 g/mol. The van der Waals surface area contributed by atoms with Crippen LogP contribution in [0.3, 0.4) is 0 Å². The lowest BCUT2D eigenvalue weighted by Crippen LogP contribution is -2.55. The quantitative estimate of drug-likeness (QED) is 0.482. The van der Waals surface area contributed by atoms with E-state index in [0.29, 0.717) is 0 Å². The second-order valence-corrected chi connectivity index (χ2v) is 3.61. The van der Waals surface area contributed by atoms with Crippen molar-refractivity contribution in [2.75, 3.05) is 13.1 Å². The fourth-order valence-corrected chi connectivity index (χ4v) is 1.31. The highest BCUT2D eigenvalue weighted by Gasteiger charge is 2.42. The highest BCUT2D eigenvalue weighted by molar-refractivity contribution is 4.87. The zero-order valence-electron chi connectivity index (χ0n) is 9.43. The molecule has 0 fully saturated rings. The van der Waals surface area contributed by atoms with Crippen molar-refractivity contribution in [2.24, 2.45) is 0 Å². The maximum absolute atomic E-state index is 12.2. The molecule has 0 aliphatic rings. The second kappa shape index (κ2) is 8.48. The first-order chi connectivity index (χ1) is 9.07. The molecule has 0 saturated heterocycles. The Morgan fingerprint density at radius 2 is 0.850 bits per heavy atom. The van der Waals surface area contributed by atoms with Crippen LogP contribution in [0.15, 0.2) is 0 Å². The monoisotopic (exact) mass is 322 g/mol. The fraction of sp³-hybridized carbons (Fsp3) is 1.00. The van der Waals surface area contributed by atoms with Crippen LogP contribution < -0.4 is 0 Å². The number of rotatable bonds is 9. The molecule has 0 aliphatic carbocycles. The van der Waals surface area contributed by atoms with E-state index < -0.39 is 58.8 Å². The van der Waals surface area contributed by atoms with E-state index in [1.165, 1.54) is 0 Å². The van der Waals surface area contributed by atoms with Crippen molar-refractivity contribution in [3.63, 3.8) is 0 Å². The van der Waals surface area contributed by atoms with Gasteiger partial charge in [0.25, 0.3) is 0 Å². The Labute approximate surface area is 106 Å². The van der Waals surface area contributed by atoms with Gasteiger partial charge in [-0.25, -0.2) is 0 Å². The summed E-state index contributed by atoms with van der Waals surface area (Å²) in [6, 6.07) is -5.54. The first kappa shape index (κ1) is 19.2. The molecule has 0 spiro atoms. The standard InChI is InChI=1S/C6H10F8N4O2/c7-15(8)1-3(17(11)12)5(19)6(20)4(18(13)14)2-16(9)10/h3-6,19-20H,1-2H2. The minimum atomic E-state index is -2.84. The van der Waals surface area contributed by atoms with Gasteiger partial charge in [-0.1, -0.05) is 0 Å². The Hall–Kier alpha value is -0.800. The number of nitrogens with zero attached hydrogens (tertiary/aromatic N) is 4. The third-order valence-electron chi connectivity index (χ3n) is 2.29. The number of hydrogen-bond donors (Lipinski definition) is 2. The minimum Gasteiger partial charge on any atom is -0.388 e. The molecule has 2 N–H and O–H groups in total. The molecule has 0 radical (unpaired) electrons. The number of hydrogen-bond acceptors (Lipinski definition) is 6. The smallest absolute Gasteiger partial charge is 0.119 e. The molecule has 4 atom stereocenters. The van der Waals surface area contributed by atoms with Crippen LogP contribution in [0.2, 0.25) is 0 Å². The lowest BCUT2D eigenvalue weighted by molar-refractivity contribution is -0.280. The lowest BCUT2D eigenvalue weighted by atomic mass is 10.00. The number of aliphatic hydroxyl groups is 2. The minimum absolute atomic E-state index is 1.79. The molecule has 14 heteroatoms. The maximum atomic E-state index is 12.2. The van der Waals surface area contributed by atoms with Crippen LogP contribution in [0.1, 0.15) is 0 Å². The molecule has 0 amide bonds. The van der Waals surface area contributed by atoms with Crippen LogP contribution in [0.5, 0.6) is 0 Å². The summed E-state index contributed by atoms with van der Waals surface area (Å²) >= 11 is 0. The molecule has 20 heavy (non-hydrogen) atoms. The van der Waals surface area contributed by atoms with Crippen molar-refractivity contribution in [2.45, 2.75) is 24.3 Å². The third-order valence-corrected chi connectivity index (χ3v) is 2.29. The summed E-state index contributed by atoms with van der Waals surface area (Å²) in [5.41, 5.74) is 0. The first-order valence-electron chi connectivity index (χ1n) is 4.83. The van der Waals surface area contributed by atoms with Crippen molar-refractivity contribution in [1.82, 2.24) is 21.4 Å². The van der Waals surface area contributed by atoms with Gasteiger partial charge in [0.2, 0.25) is 0 Å². The van der Waals surface area contributed by atoms with Crippen molar-refractivity contribution in [1.29, 1.82) is 0 Å². The first-order valence-corrected chi connectivity index (χ1v) is 4.83. The van der Waals surface area contributed by atoms with Crippen LogP contribution in [-0.2, 0) is 0 Å². The highest BCUT2D eigenvalue weighted by atomic mass is 19.4. The molecule has 0 bridgehead atoms. The van der Waals surface area contributed by atoms with E-state index >= 15 is 0 Å². The molecule has 0 aromatic carbocycles. The molecule has 0 aromatic heterocycles. The van der Waals surface area contributed by atoms with Crippen molar-refractivity contribution in [3.05, 3.63) is 0 Å². The summed E-state index contributed by atoms with van der Waals surface area (Å²) in [5, 5.41) is 10.9. The predicted molar refractivity (Wildman–Crippen MR) is 45.5 cm³/mol. The van der Waals surface area contributed by atoms with Gasteiger partial charge in [0, 0.05) is 21.4 Å². The normalized spacial score (nSPS) is 18.9. The average molecular weight is 322 g/mol. The van der Waals surface area contributed by atoms with Crippen LogP contribution in [-0.4, -0.2) is 69.0 Å². The van der Waals surface area contributed by atoms with Crippen molar-refractivity contribution >= 4 is 0 Å². The van der Waals surface area contributed by atoms with E-state index in [-0.39, 0.29) is 0 Å². The summed E-state index contributed by atoms with van der Waals surface area (Å²) in [7, 11) is 0. The molecule has 0 heterocycles. The van der Waals surface area contributed by atoms with Crippen LogP contribution in [0.25, 0.3) is 0 Å². The number of aliphatic hydroxyl groups excluding tert-OH is 2. The van der Waals surface area contributed by atoms with Gasteiger partial charge in [-0.05, 0) is 0 Å². The van der Waals surface area contributed by atoms with Gasteiger partial charge >= 0.3 is 0 Å². The summed E-state index contributed by atoms with van der Waals surface area (Å²) in [4.78, 5) is 0. The van der Waals surface area contributed by atoms with E-state index in [2.05, 4.69) is 0 Å². The molecule has 0 aromatic rings. The topological polar surface area (TPSA) is 53.4 Å². The molecule has 0 aliphatic heterocycles. The summed E-state index contributed by atoms with van der Waals surface area (Å²) in [5.74, 6) is 0. The van der Waals surface area contributed by atoms with Crippen LogP contribution in [0, 0.1) is 0 Å². The largest absolute Gasteiger partial charge is 0.388 e. The van der Waals surface area contributed by atoms with E-state index in [1.807, 2.05) is 0 Å². The van der Waals surface area contributed by atoms with Gasteiger partial charge in [0.05, 0.1) is 13.1 Å². The van der Waals surface area contributed by atoms with Gasteiger partial charge in [0.1, 0.15) is 24.3 Å². The summed E-state index contributed by atoms with van der Waals surface area (Å²) in [6.45, 7) is -3.63. The Kier molecular flexibility index (Phi) is 8.14. The summed E-state index contributed by atoms with van der Waals surface area (Å²) < 4.78 is 96.3. The van der Waals surface area contributed by atoms with E-state index in [1.54, 1.807) is 0 Å². The number of halogens is 8. The van der Waals surface area contributed by atoms with Gasteiger partial charge < -0.3 is 10.2 Å². The Bertz CT molecular complexity index is 247. The lowest BCUT2D eigenvalue weighted by Gasteiger charge is -2.30. The van der Waals surface area contributed by atoms with Crippen LogP contribution >= 0.6 is 0 Å². The average Bonchev–Trinajstić information content (AvgIpc) is 2.30. The van der Waals surface area contributed by atoms with Gasteiger partial charge in [-0.15, -0.1) is 35.9 Å². The fourth-order valence-electron chi connectivity index (χ4n) is 1.31. The summed E-state index contributed by atoms with van der Waals surface area (Å²) in [6.07, 6.45) is -5.67. The van der Waals surface area contributed by atoms with E-state index in [9.17, 15) is 46.1 Å². The van der Waals surface area contributed by atoms with Crippen LogP contribution in [0.4, 0.5) is 35.9 Å². The Morgan fingerprint density at radius 1 is 0.600 bits per heavy atom. The second-order valence-electron chi connectivity index (χ2n) is 3.61. The molecule has 122 valence electrons. The molecule has 0 rings (SSSR count). The molecule has 4 unspecified atom stereocenters. The Morgan fingerprint density at radius 3 is 1.00 bits per heavy atom. The predicted octanol–water partition coefficient (Wildman–Crippen LogP) is 0.729. The molecule has 6 nitrogen and oxygen atoms in total. The SMILES string of the molecule is OC(C(O)C(CN(F)F)N(F)F)C(CN(F)F)N(F)F. The third kappa shape index (κ3) is 6.10. The zero-order chi connectivity index (χ0) is 16.0. The van der Waals surface area contributed by atoms with Crippen molar-refractivity contribution in [3.8, 4) is 0 Å². The maximum Gasteiger partial charge on any atom is 0.119 e. The van der Waals surface area contributed by atoms with Gasteiger partial charge in [0.15, 0.2) is 0 Å². The van der Waals surface area contributed by atoms with Gasteiger partial charge in [-0.3, -0.25) is 0 Å². The zero-order valence-corrected chi connectivity index (χ0v) is 9.43. The van der Waals surface area contributed by atoms with E-state index in [0.717, 1.165) is 0 Å². The Balaban J connectivity index is 4.94. The molecular formula is C6H10F8N4O2.